The van der Waals surface area contributed by atoms with Crippen LogP contribution in [0.3, 0.4) is 0 Å². The molecule has 9 nitrogen and oxygen atoms in total. The van der Waals surface area contributed by atoms with Gasteiger partial charge in [-0.15, -0.1) is 0 Å². The van der Waals surface area contributed by atoms with Gasteiger partial charge in [0.05, 0.1) is 23.6 Å². The number of hydrogen-bond acceptors (Lipinski definition) is 7. The molecule has 0 radical (unpaired) electrons. The van der Waals surface area contributed by atoms with Crippen molar-refractivity contribution in [2.45, 2.75) is 31.7 Å². The van der Waals surface area contributed by atoms with Crippen LogP contribution in [-0.4, -0.2) is 34.3 Å². The molecule has 2 heterocycles. The third-order valence-electron chi connectivity index (χ3n) is 4.17. The van der Waals surface area contributed by atoms with Crippen LogP contribution in [0.25, 0.3) is 10.9 Å². The maximum Gasteiger partial charge on any atom is 0.472 e. The first-order valence-corrected chi connectivity index (χ1v) is 9.32. The minimum atomic E-state index is -4.05. The van der Waals surface area contributed by atoms with E-state index in [2.05, 4.69) is 9.51 Å². The minimum absolute atomic E-state index is 0.0953. The van der Waals surface area contributed by atoms with Gasteiger partial charge in [-0.1, -0.05) is 12.1 Å². The van der Waals surface area contributed by atoms with Crippen molar-refractivity contribution >= 4 is 18.7 Å². The highest BCUT2D eigenvalue weighted by atomic mass is 31.2. The quantitative estimate of drug-likeness (QED) is 0.730. The molecule has 3 atom stereocenters. The number of nitrogens with two attached hydrogens (primary N) is 1. The zero-order valence-electron chi connectivity index (χ0n) is 13.7. The normalized spacial score (nSPS) is 23.0. The molecule has 1 unspecified atom stereocenters. The van der Waals surface area contributed by atoms with Gasteiger partial charge in [-0.05, 0) is 24.5 Å². The van der Waals surface area contributed by atoms with E-state index in [9.17, 15) is 14.3 Å². The molecule has 25 heavy (non-hydrogen) atoms. The summed E-state index contributed by atoms with van der Waals surface area (Å²) in [4.78, 5) is 26.4. The van der Waals surface area contributed by atoms with Crippen LogP contribution in [-0.2, 0) is 24.9 Å². The number of aromatic nitrogens is 2. The summed E-state index contributed by atoms with van der Waals surface area (Å²) in [5, 5.41) is 0.482. The summed E-state index contributed by atoms with van der Waals surface area (Å²) in [6.45, 7) is 0.144. The highest BCUT2D eigenvalue weighted by molar-refractivity contribution is 7.47. The molecule has 3 rings (SSSR count). The van der Waals surface area contributed by atoms with Crippen molar-refractivity contribution in [3.8, 4) is 0 Å². The van der Waals surface area contributed by atoms with Gasteiger partial charge in [-0.2, -0.15) is 0 Å². The van der Waals surface area contributed by atoms with Gasteiger partial charge in [-0.3, -0.25) is 18.4 Å². The molecule has 1 saturated heterocycles. The maximum absolute atomic E-state index is 12.8. The number of rotatable bonds is 6. The van der Waals surface area contributed by atoms with E-state index in [1.807, 2.05) is 6.07 Å². The molecular weight excluding hydrogens is 349 g/mol. The van der Waals surface area contributed by atoms with Crippen LogP contribution in [0.5, 0.6) is 0 Å². The zero-order valence-corrected chi connectivity index (χ0v) is 14.6. The molecular formula is C15H20N3O6P. The Morgan fingerprint density at radius 2 is 2.28 bits per heavy atom. The molecule has 0 saturated carbocycles. The Balaban J connectivity index is 1.80. The van der Waals surface area contributed by atoms with Gasteiger partial charge < -0.3 is 15.4 Å². The van der Waals surface area contributed by atoms with Crippen molar-refractivity contribution in [2.24, 2.45) is 5.73 Å². The second-order valence-corrected chi connectivity index (χ2v) is 7.27. The van der Waals surface area contributed by atoms with Crippen molar-refractivity contribution in [3.63, 3.8) is 0 Å². The smallest absolute Gasteiger partial charge is 0.352 e. The SMILES string of the molecule is COP(=O)(O)OC[C@@H]1CC[C@H](n2cnc3cccc(CN)c3c2=O)O1. The summed E-state index contributed by atoms with van der Waals surface area (Å²) < 4.78 is 27.7. The van der Waals surface area contributed by atoms with Crippen LogP contribution in [0, 0.1) is 0 Å². The van der Waals surface area contributed by atoms with Crippen molar-refractivity contribution in [1.82, 2.24) is 9.55 Å². The Kier molecular flexibility index (Phi) is 5.33. The van der Waals surface area contributed by atoms with E-state index >= 15 is 0 Å². The minimum Gasteiger partial charge on any atom is -0.352 e. The zero-order chi connectivity index (χ0) is 18.0. The van der Waals surface area contributed by atoms with E-state index in [1.165, 1.54) is 10.9 Å². The third-order valence-corrected chi connectivity index (χ3v) is 5.10. The number of hydrogen-bond donors (Lipinski definition) is 2. The van der Waals surface area contributed by atoms with E-state index in [-0.39, 0.29) is 18.7 Å². The molecule has 0 bridgehead atoms. The Labute approximate surface area is 143 Å². The topological polar surface area (TPSA) is 126 Å². The number of fused-ring (bicyclic) bond motifs is 1. The van der Waals surface area contributed by atoms with E-state index in [1.54, 1.807) is 12.1 Å². The molecule has 0 spiro atoms. The molecule has 10 heteroatoms. The van der Waals surface area contributed by atoms with E-state index < -0.39 is 20.2 Å². The Hall–Kier alpha value is -1.61. The first kappa shape index (κ1) is 18.2. The van der Waals surface area contributed by atoms with Crippen LogP contribution >= 0.6 is 7.82 Å². The van der Waals surface area contributed by atoms with Crippen LogP contribution < -0.4 is 11.3 Å². The molecule has 1 aromatic carbocycles. The summed E-state index contributed by atoms with van der Waals surface area (Å²) in [7, 11) is -2.95. The lowest BCUT2D eigenvalue weighted by atomic mass is 10.1. The molecule has 1 fully saturated rings. The molecule has 1 aliphatic rings. The predicted molar refractivity (Wildman–Crippen MR) is 89.8 cm³/mol. The van der Waals surface area contributed by atoms with Gasteiger partial charge in [0.25, 0.3) is 5.56 Å². The lowest BCUT2D eigenvalue weighted by molar-refractivity contribution is -0.0247. The summed E-state index contributed by atoms with van der Waals surface area (Å²) in [6, 6.07) is 5.37. The number of nitrogens with zero attached hydrogens (tertiary/aromatic N) is 2. The lowest BCUT2D eigenvalue weighted by Crippen LogP contribution is -2.27. The largest absolute Gasteiger partial charge is 0.472 e. The van der Waals surface area contributed by atoms with Gasteiger partial charge in [0, 0.05) is 13.7 Å². The first-order chi connectivity index (χ1) is 11.9. The Morgan fingerprint density at radius 1 is 1.48 bits per heavy atom. The molecule has 0 aliphatic carbocycles. The van der Waals surface area contributed by atoms with Gasteiger partial charge in [0.1, 0.15) is 12.6 Å². The third kappa shape index (κ3) is 3.82. The number of benzene rings is 1. The van der Waals surface area contributed by atoms with Crippen LogP contribution in [0.2, 0.25) is 0 Å². The molecule has 1 aromatic heterocycles. The fourth-order valence-corrected chi connectivity index (χ4v) is 3.33. The maximum atomic E-state index is 12.8. The van der Waals surface area contributed by atoms with Crippen molar-refractivity contribution in [3.05, 3.63) is 40.4 Å². The van der Waals surface area contributed by atoms with Crippen molar-refractivity contribution < 1.29 is 23.2 Å². The number of ether oxygens (including phenoxy) is 1. The van der Waals surface area contributed by atoms with Crippen molar-refractivity contribution in [2.75, 3.05) is 13.7 Å². The van der Waals surface area contributed by atoms with Crippen LogP contribution in [0.4, 0.5) is 0 Å². The number of phosphoric acid groups is 1. The predicted octanol–water partition coefficient (Wildman–Crippen LogP) is 1.30. The molecule has 136 valence electrons. The molecule has 3 N–H and O–H groups in total. The Morgan fingerprint density at radius 3 is 3.00 bits per heavy atom. The van der Waals surface area contributed by atoms with Gasteiger partial charge in [0.2, 0.25) is 0 Å². The van der Waals surface area contributed by atoms with Gasteiger partial charge in [-0.25, -0.2) is 9.55 Å². The van der Waals surface area contributed by atoms with Crippen molar-refractivity contribution in [1.29, 1.82) is 0 Å². The first-order valence-electron chi connectivity index (χ1n) is 7.82. The highest BCUT2D eigenvalue weighted by Crippen LogP contribution is 2.43. The average Bonchev–Trinajstić information content (AvgIpc) is 3.08. The summed E-state index contributed by atoms with van der Waals surface area (Å²) in [5.41, 5.74) is 6.81. The summed E-state index contributed by atoms with van der Waals surface area (Å²) in [5.74, 6) is 0. The second kappa shape index (κ2) is 7.33. The summed E-state index contributed by atoms with van der Waals surface area (Å²) >= 11 is 0. The van der Waals surface area contributed by atoms with E-state index in [0.29, 0.717) is 23.7 Å². The standard InChI is InChI=1S/C15H20N3O6P/c1-22-25(20,21)23-8-11-5-6-13(24-11)18-9-17-12-4-2-3-10(7-16)14(12)15(18)19/h2-4,9,11,13H,5-8,16H2,1H3,(H,20,21)/t11-,13+/m0/s1. The van der Waals surface area contributed by atoms with E-state index in [0.717, 1.165) is 12.7 Å². The average molecular weight is 369 g/mol. The van der Waals surface area contributed by atoms with E-state index in [4.69, 9.17) is 15.0 Å². The molecule has 2 aromatic rings. The highest BCUT2D eigenvalue weighted by Gasteiger charge is 2.30. The molecule has 0 amide bonds. The molecule has 1 aliphatic heterocycles. The van der Waals surface area contributed by atoms with Crippen LogP contribution in [0.1, 0.15) is 24.6 Å². The lowest BCUT2D eigenvalue weighted by Gasteiger charge is -2.17. The number of phosphoric ester groups is 1. The second-order valence-electron chi connectivity index (χ2n) is 5.71. The fourth-order valence-electron chi connectivity index (χ4n) is 2.87. The van der Waals surface area contributed by atoms with Gasteiger partial charge in [0.15, 0.2) is 0 Å². The Bertz CT molecular complexity index is 870. The summed E-state index contributed by atoms with van der Waals surface area (Å²) in [6.07, 6.45) is 1.68. The van der Waals surface area contributed by atoms with Gasteiger partial charge >= 0.3 is 7.82 Å². The fraction of sp³-hybridized carbons (Fsp3) is 0.467. The monoisotopic (exact) mass is 369 g/mol. The van der Waals surface area contributed by atoms with Crippen LogP contribution in [0.15, 0.2) is 29.3 Å².